The van der Waals surface area contributed by atoms with Crippen LogP contribution in [0.1, 0.15) is 18.9 Å². The lowest BCUT2D eigenvalue weighted by atomic mass is 10.2. The second-order valence-electron chi connectivity index (χ2n) is 5.49. The maximum Gasteiger partial charge on any atom is 0.390 e. The molecule has 24 heavy (non-hydrogen) atoms. The van der Waals surface area contributed by atoms with Gasteiger partial charge in [-0.25, -0.2) is 0 Å². The summed E-state index contributed by atoms with van der Waals surface area (Å²) in [7, 11) is 3.56. The molecule has 1 unspecified atom stereocenters. The molecule has 4 nitrogen and oxygen atoms in total. The molecule has 138 valence electrons. The molecule has 0 aliphatic heterocycles. The number of nitrogens with zero attached hydrogens (tertiary/aromatic N) is 2. The lowest BCUT2D eigenvalue weighted by Gasteiger charge is -2.26. The van der Waals surface area contributed by atoms with Gasteiger partial charge in [-0.1, -0.05) is 30.3 Å². The van der Waals surface area contributed by atoms with Crippen molar-refractivity contribution >= 4 is 29.9 Å². The Morgan fingerprint density at radius 3 is 2.38 bits per heavy atom. The molecule has 0 bridgehead atoms. The van der Waals surface area contributed by atoms with Gasteiger partial charge < -0.3 is 10.6 Å². The first-order valence-electron chi connectivity index (χ1n) is 7.57. The smallest absolute Gasteiger partial charge is 0.356 e. The van der Waals surface area contributed by atoms with Crippen LogP contribution in [0.3, 0.4) is 0 Å². The molecule has 1 rings (SSSR count). The van der Waals surface area contributed by atoms with E-state index in [-0.39, 0.29) is 36.6 Å². The molecule has 0 aromatic heterocycles. The van der Waals surface area contributed by atoms with E-state index in [2.05, 4.69) is 39.6 Å². The van der Waals surface area contributed by atoms with Crippen molar-refractivity contribution in [2.75, 3.05) is 27.2 Å². The second kappa shape index (κ2) is 11.5. The van der Waals surface area contributed by atoms with E-state index in [9.17, 15) is 13.2 Å². The number of alkyl halides is 3. The normalized spacial score (nSPS) is 13.4. The molecule has 0 spiro atoms. The fraction of sp³-hybridized carbons (Fsp3) is 0.562. The number of halogens is 4. The van der Waals surface area contributed by atoms with Crippen LogP contribution in [0, 0.1) is 0 Å². The van der Waals surface area contributed by atoms with E-state index in [1.54, 1.807) is 7.05 Å². The van der Waals surface area contributed by atoms with Crippen LogP contribution in [-0.4, -0.2) is 50.3 Å². The van der Waals surface area contributed by atoms with Crippen LogP contribution in [-0.2, 0) is 6.54 Å². The van der Waals surface area contributed by atoms with Crippen molar-refractivity contribution in [2.24, 2.45) is 4.99 Å². The summed E-state index contributed by atoms with van der Waals surface area (Å²) in [5, 5.41) is 5.72. The summed E-state index contributed by atoms with van der Waals surface area (Å²) >= 11 is 0. The minimum Gasteiger partial charge on any atom is -0.356 e. The topological polar surface area (TPSA) is 39.7 Å². The molecule has 0 radical (unpaired) electrons. The maximum absolute atomic E-state index is 12.1. The molecule has 0 amide bonds. The van der Waals surface area contributed by atoms with Crippen molar-refractivity contribution in [3.63, 3.8) is 0 Å². The maximum atomic E-state index is 12.1. The van der Waals surface area contributed by atoms with Gasteiger partial charge in [0.25, 0.3) is 0 Å². The Hall–Kier alpha value is -1.03. The molecule has 1 aromatic rings. The second-order valence-corrected chi connectivity index (χ2v) is 5.49. The molecular formula is C16H26F3IN4. The van der Waals surface area contributed by atoms with Gasteiger partial charge in [0.05, 0.1) is 6.42 Å². The van der Waals surface area contributed by atoms with Gasteiger partial charge in [-0.2, -0.15) is 13.2 Å². The number of hydrogen-bond donors (Lipinski definition) is 2. The Morgan fingerprint density at radius 1 is 1.21 bits per heavy atom. The lowest BCUT2D eigenvalue weighted by Crippen LogP contribution is -2.45. The largest absolute Gasteiger partial charge is 0.390 e. The minimum atomic E-state index is -4.16. The number of likely N-dealkylation sites (N-methyl/N-ethyl adjacent to an activating group) is 1. The number of guanidine groups is 1. The molecule has 1 atom stereocenters. The van der Waals surface area contributed by atoms with E-state index in [0.717, 1.165) is 6.54 Å². The van der Waals surface area contributed by atoms with E-state index in [1.807, 2.05) is 25.2 Å². The number of nitrogens with one attached hydrogen (secondary N) is 2. The third-order valence-corrected chi connectivity index (χ3v) is 3.52. The van der Waals surface area contributed by atoms with Crippen LogP contribution in [0.25, 0.3) is 0 Å². The quantitative estimate of drug-likeness (QED) is 0.375. The molecule has 0 saturated carbocycles. The summed E-state index contributed by atoms with van der Waals surface area (Å²) in [5.74, 6) is 0.384. The van der Waals surface area contributed by atoms with Gasteiger partial charge in [0, 0.05) is 32.7 Å². The van der Waals surface area contributed by atoms with Crippen LogP contribution >= 0.6 is 24.0 Å². The average Bonchev–Trinajstić information content (AvgIpc) is 2.50. The van der Waals surface area contributed by atoms with Crippen LogP contribution in [0.15, 0.2) is 35.3 Å². The van der Waals surface area contributed by atoms with Gasteiger partial charge in [0.1, 0.15) is 0 Å². The Kier molecular flexibility index (Phi) is 11.0. The summed E-state index contributed by atoms with van der Waals surface area (Å²) in [6.45, 7) is 3.27. The number of benzene rings is 1. The minimum absolute atomic E-state index is 0. The van der Waals surface area contributed by atoms with Gasteiger partial charge >= 0.3 is 6.18 Å². The third-order valence-electron chi connectivity index (χ3n) is 3.52. The van der Waals surface area contributed by atoms with Gasteiger partial charge in [0.15, 0.2) is 5.96 Å². The Bertz CT molecular complexity index is 480. The monoisotopic (exact) mass is 458 g/mol. The van der Waals surface area contributed by atoms with Gasteiger partial charge in [0.2, 0.25) is 0 Å². The first kappa shape index (κ1) is 23.0. The number of rotatable bonds is 7. The van der Waals surface area contributed by atoms with E-state index in [0.29, 0.717) is 12.5 Å². The highest BCUT2D eigenvalue weighted by atomic mass is 127. The lowest BCUT2D eigenvalue weighted by molar-refractivity contribution is -0.132. The standard InChI is InChI=1S/C16H25F3N4.HI/c1-13(23(3)12-14-7-5-4-6-8-14)11-22-15(20-2)21-10-9-16(17,18)19;/h4-8,13H,9-12H2,1-3H3,(H2,20,21,22);1H. The fourth-order valence-electron chi connectivity index (χ4n) is 1.97. The summed E-state index contributed by atoms with van der Waals surface area (Å²) in [5.41, 5.74) is 1.22. The Morgan fingerprint density at radius 2 is 1.83 bits per heavy atom. The molecule has 0 fully saturated rings. The SMILES string of the molecule is CN=C(NCCC(F)(F)F)NCC(C)N(C)Cc1ccccc1.I. The highest BCUT2D eigenvalue weighted by Crippen LogP contribution is 2.18. The highest BCUT2D eigenvalue weighted by Gasteiger charge is 2.26. The highest BCUT2D eigenvalue weighted by molar-refractivity contribution is 14.0. The van der Waals surface area contributed by atoms with Crippen LogP contribution in [0.5, 0.6) is 0 Å². The Balaban J connectivity index is 0.00000529. The molecule has 0 saturated heterocycles. The van der Waals surface area contributed by atoms with Gasteiger partial charge in [-0.05, 0) is 19.5 Å². The molecule has 8 heteroatoms. The summed E-state index contributed by atoms with van der Waals surface area (Å²) < 4.78 is 36.4. The van der Waals surface area contributed by atoms with Crippen molar-refractivity contribution in [1.29, 1.82) is 0 Å². The summed E-state index contributed by atoms with van der Waals surface area (Å²) in [6, 6.07) is 10.3. The molecule has 2 N–H and O–H groups in total. The molecule has 0 aliphatic rings. The molecule has 0 aliphatic carbocycles. The number of aliphatic imine (C=N–C) groups is 1. The van der Waals surface area contributed by atoms with E-state index < -0.39 is 12.6 Å². The van der Waals surface area contributed by atoms with E-state index in [4.69, 9.17) is 0 Å². The number of hydrogen-bond acceptors (Lipinski definition) is 2. The van der Waals surface area contributed by atoms with Crippen LogP contribution in [0.2, 0.25) is 0 Å². The van der Waals surface area contributed by atoms with Crippen molar-refractivity contribution < 1.29 is 13.2 Å². The van der Waals surface area contributed by atoms with Gasteiger partial charge in [-0.3, -0.25) is 9.89 Å². The average molecular weight is 458 g/mol. The summed E-state index contributed by atoms with van der Waals surface area (Å²) in [6.07, 6.45) is -5.04. The van der Waals surface area contributed by atoms with Gasteiger partial charge in [-0.15, -0.1) is 24.0 Å². The zero-order valence-corrected chi connectivity index (χ0v) is 16.6. The predicted octanol–water partition coefficient (Wildman–Crippen LogP) is 3.24. The van der Waals surface area contributed by atoms with Crippen LogP contribution < -0.4 is 10.6 Å². The van der Waals surface area contributed by atoms with E-state index in [1.165, 1.54) is 5.56 Å². The molecular weight excluding hydrogens is 432 g/mol. The van der Waals surface area contributed by atoms with Crippen molar-refractivity contribution in [3.05, 3.63) is 35.9 Å². The van der Waals surface area contributed by atoms with E-state index >= 15 is 0 Å². The first-order chi connectivity index (χ1) is 10.8. The third kappa shape index (κ3) is 9.96. The zero-order valence-electron chi connectivity index (χ0n) is 14.2. The van der Waals surface area contributed by atoms with Crippen molar-refractivity contribution in [2.45, 2.75) is 32.1 Å². The fourth-order valence-corrected chi connectivity index (χ4v) is 1.97. The Labute approximate surface area is 158 Å². The van der Waals surface area contributed by atoms with Crippen molar-refractivity contribution in [3.8, 4) is 0 Å². The molecule has 0 heterocycles. The summed E-state index contributed by atoms with van der Waals surface area (Å²) in [4.78, 5) is 6.10. The first-order valence-corrected chi connectivity index (χ1v) is 7.57. The molecule has 1 aromatic carbocycles. The predicted molar refractivity (Wildman–Crippen MR) is 103 cm³/mol. The zero-order chi connectivity index (χ0) is 17.3. The van der Waals surface area contributed by atoms with Crippen LogP contribution in [0.4, 0.5) is 13.2 Å². The van der Waals surface area contributed by atoms with Crippen molar-refractivity contribution in [1.82, 2.24) is 15.5 Å².